The Labute approximate surface area is 156 Å². The van der Waals surface area contributed by atoms with Gasteiger partial charge in [0.25, 0.3) is 5.89 Å². The predicted molar refractivity (Wildman–Crippen MR) is 101 cm³/mol. The summed E-state index contributed by atoms with van der Waals surface area (Å²) in [5, 5.41) is 10.4. The molecule has 3 aromatic rings. The lowest BCUT2D eigenvalue weighted by Crippen LogP contribution is -2.39. The average Bonchev–Trinajstić information content (AvgIpc) is 3.16. The third-order valence-corrected chi connectivity index (χ3v) is 3.81. The van der Waals surface area contributed by atoms with Crippen LogP contribution in [0.15, 0.2) is 58.2 Å². The Kier molecular flexibility index (Phi) is 6.45. The maximum Gasteiger partial charge on any atom is 0.276 e. The molecule has 2 aromatic heterocycles. The van der Waals surface area contributed by atoms with Crippen molar-refractivity contribution in [2.45, 2.75) is 12.8 Å². The first-order valence-electron chi connectivity index (χ1n) is 8.67. The van der Waals surface area contributed by atoms with Crippen molar-refractivity contribution in [1.29, 1.82) is 0 Å². The van der Waals surface area contributed by atoms with E-state index in [4.69, 9.17) is 4.52 Å². The van der Waals surface area contributed by atoms with Crippen molar-refractivity contribution in [3.05, 3.63) is 65.9 Å². The Hall–Kier alpha value is -3.29. The monoisotopic (exact) mass is 368 g/mol. The fraction of sp³-hybridized carbons (Fsp3) is 0.263. The number of guanidine groups is 1. The Bertz CT molecular complexity index is 881. The van der Waals surface area contributed by atoms with Crippen LogP contribution in [-0.2, 0) is 12.8 Å². The lowest BCUT2D eigenvalue weighted by Gasteiger charge is -2.11. The molecule has 0 atom stereocenters. The van der Waals surface area contributed by atoms with Crippen LogP contribution in [0.25, 0.3) is 11.6 Å². The van der Waals surface area contributed by atoms with E-state index in [2.05, 4.69) is 30.8 Å². The fourth-order valence-electron chi connectivity index (χ4n) is 2.48. The number of nitrogens with zero attached hydrogens (tertiary/aromatic N) is 4. The second-order valence-corrected chi connectivity index (χ2v) is 5.79. The van der Waals surface area contributed by atoms with Gasteiger partial charge in [-0.3, -0.25) is 9.98 Å². The highest BCUT2D eigenvalue weighted by Gasteiger charge is 2.09. The Morgan fingerprint density at radius 3 is 2.70 bits per heavy atom. The number of aromatic nitrogens is 3. The fourth-order valence-corrected chi connectivity index (χ4v) is 2.48. The molecule has 0 unspecified atom stereocenters. The van der Waals surface area contributed by atoms with E-state index in [1.165, 1.54) is 12.1 Å². The molecular weight excluding hydrogens is 347 g/mol. The number of halogens is 1. The standard InChI is InChI=1S/C19H21FN6O/c1-21-19(23-11-8-14-5-4-6-15(20)13-14)24-12-9-17-25-18(27-26-17)16-7-2-3-10-22-16/h2-7,10,13H,8-9,11-12H2,1H3,(H2,21,23,24). The van der Waals surface area contributed by atoms with Gasteiger partial charge < -0.3 is 15.2 Å². The van der Waals surface area contributed by atoms with Crippen LogP contribution >= 0.6 is 0 Å². The topological polar surface area (TPSA) is 88.2 Å². The minimum Gasteiger partial charge on any atom is -0.356 e. The Morgan fingerprint density at radius 2 is 1.96 bits per heavy atom. The number of nitrogens with one attached hydrogen (secondary N) is 2. The minimum absolute atomic E-state index is 0.222. The van der Waals surface area contributed by atoms with Gasteiger partial charge in [-0.15, -0.1) is 0 Å². The van der Waals surface area contributed by atoms with Crippen molar-refractivity contribution in [1.82, 2.24) is 25.8 Å². The van der Waals surface area contributed by atoms with Gasteiger partial charge in [-0.2, -0.15) is 4.98 Å². The van der Waals surface area contributed by atoms with Crippen molar-refractivity contribution in [2.75, 3.05) is 20.1 Å². The smallest absolute Gasteiger partial charge is 0.276 e. The van der Waals surface area contributed by atoms with Gasteiger partial charge in [0.2, 0.25) is 0 Å². The molecule has 0 fully saturated rings. The molecule has 8 heteroatoms. The van der Waals surface area contributed by atoms with E-state index in [1.807, 2.05) is 24.3 Å². The van der Waals surface area contributed by atoms with Crippen LogP contribution in [0.2, 0.25) is 0 Å². The number of benzene rings is 1. The third-order valence-electron chi connectivity index (χ3n) is 3.81. The van der Waals surface area contributed by atoms with Gasteiger partial charge in [-0.1, -0.05) is 23.4 Å². The summed E-state index contributed by atoms with van der Waals surface area (Å²) in [7, 11) is 1.70. The van der Waals surface area contributed by atoms with E-state index < -0.39 is 0 Å². The number of pyridine rings is 1. The molecule has 0 radical (unpaired) electrons. The van der Waals surface area contributed by atoms with E-state index in [0.29, 0.717) is 49.3 Å². The van der Waals surface area contributed by atoms with Crippen molar-refractivity contribution in [3.63, 3.8) is 0 Å². The maximum absolute atomic E-state index is 13.2. The molecule has 140 valence electrons. The summed E-state index contributed by atoms with van der Waals surface area (Å²) < 4.78 is 18.4. The molecule has 0 aliphatic heterocycles. The zero-order valence-corrected chi connectivity index (χ0v) is 15.0. The summed E-state index contributed by atoms with van der Waals surface area (Å²) in [6, 6.07) is 12.1. The summed E-state index contributed by atoms with van der Waals surface area (Å²) >= 11 is 0. The first-order chi connectivity index (χ1) is 13.2. The van der Waals surface area contributed by atoms with E-state index in [9.17, 15) is 4.39 Å². The molecule has 2 N–H and O–H groups in total. The SMILES string of the molecule is CN=C(NCCc1cccc(F)c1)NCCc1noc(-c2ccccn2)n1. The zero-order valence-electron chi connectivity index (χ0n) is 15.0. The van der Waals surface area contributed by atoms with Gasteiger partial charge in [0.1, 0.15) is 11.5 Å². The average molecular weight is 368 g/mol. The molecule has 2 heterocycles. The van der Waals surface area contributed by atoms with Crippen LogP contribution in [0.3, 0.4) is 0 Å². The Morgan fingerprint density at radius 1 is 1.11 bits per heavy atom. The van der Waals surface area contributed by atoms with Crippen LogP contribution in [0.1, 0.15) is 11.4 Å². The lowest BCUT2D eigenvalue weighted by atomic mass is 10.1. The van der Waals surface area contributed by atoms with Crippen LogP contribution in [0.4, 0.5) is 4.39 Å². The molecule has 3 rings (SSSR count). The number of rotatable bonds is 7. The second kappa shape index (κ2) is 9.42. The largest absolute Gasteiger partial charge is 0.356 e. The summed E-state index contributed by atoms with van der Waals surface area (Å²) in [6.45, 7) is 1.25. The van der Waals surface area contributed by atoms with Crippen molar-refractivity contribution in [2.24, 2.45) is 4.99 Å². The van der Waals surface area contributed by atoms with Crippen LogP contribution in [0.5, 0.6) is 0 Å². The minimum atomic E-state index is -0.222. The first kappa shape index (κ1) is 18.5. The zero-order chi connectivity index (χ0) is 18.9. The molecule has 1 aromatic carbocycles. The molecule has 0 bridgehead atoms. The molecule has 27 heavy (non-hydrogen) atoms. The van der Waals surface area contributed by atoms with Gasteiger partial charge in [0.15, 0.2) is 11.8 Å². The molecule has 0 saturated heterocycles. The number of hydrogen-bond donors (Lipinski definition) is 2. The first-order valence-corrected chi connectivity index (χ1v) is 8.67. The highest BCUT2D eigenvalue weighted by Crippen LogP contribution is 2.13. The lowest BCUT2D eigenvalue weighted by molar-refractivity contribution is 0.421. The Balaban J connectivity index is 1.41. The molecular formula is C19H21FN6O. The van der Waals surface area contributed by atoms with E-state index >= 15 is 0 Å². The van der Waals surface area contributed by atoms with Gasteiger partial charge in [-0.25, -0.2) is 4.39 Å². The van der Waals surface area contributed by atoms with Crippen molar-refractivity contribution < 1.29 is 8.91 Å². The molecule has 0 aliphatic rings. The second-order valence-electron chi connectivity index (χ2n) is 5.79. The molecule has 0 saturated carbocycles. The summed E-state index contributed by atoms with van der Waals surface area (Å²) in [5.74, 6) is 1.45. The van der Waals surface area contributed by atoms with Crippen LogP contribution < -0.4 is 10.6 Å². The maximum atomic E-state index is 13.2. The molecule has 0 aliphatic carbocycles. The van der Waals surface area contributed by atoms with E-state index in [1.54, 1.807) is 19.3 Å². The third kappa shape index (κ3) is 5.60. The normalized spacial score (nSPS) is 11.4. The molecule has 7 nitrogen and oxygen atoms in total. The van der Waals surface area contributed by atoms with Crippen molar-refractivity contribution in [3.8, 4) is 11.6 Å². The highest BCUT2D eigenvalue weighted by molar-refractivity contribution is 5.79. The van der Waals surface area contributed by atoms with Gasteiger partial charge in [0, 0.05) is 32.8 Å². The molecule has 0 spiro atoms. The highest BCUT2D eigenvalue weighted by atomic mass is 19.1. The summed E-state index contributed by atoms with van der Waals surface area (Å²) in [6.07, 6.45) is 2.97. The van der Waals surface area contributed by atoms with Crippen LogP contribution in [0, 0.1) is 5.82 Å². The summed E-state index contributed by atoms with van der Waals surface area (Å²) in [5.41, 5.74) is 1.59. The van der Waals surface area contributed by atoms with Gasteiger partial charge in [-0.05, 0) is 36.2 Å². The summed E-state index contributed by atoms with van der Waals surface area (Å²) in [4.78, 5) is 12.7. The van der Waals surface area contributed by atoms with Gasteiger partial charge in [0.05, 0.1) is 0 Å². The van der Waals surface area contributed by atoms with E-state index in [-0.39, 0.29) is 5.82 Å². The van der Waals surface area contributed by atoms with Crippen molar-refractivity contribution >= 4 is 5.96 Å². The number of hydrogen-bond acceptors (Lipinski definition) is 5. The predicted octanol–water partition coefficient (Wildman–Crippen LogP) is 2.22. The number of aliphatic imine (C=N–C) groups is 1. The molecule has 0 amide bonds. The van der Waals surface area contributed by atoms with Crippen LogP contribution in [-0.4, -0.2) is 41.2 Å². The quantitative estimate of drug-likeness (QED) is 0.491. The van der Waals surface area contributed by atoms with E-state index in [0.717, 1.165) is 5.56 Å². The van der Waals surface area contributed by atoms with Gasteiger partial charge >= 0.3 is 0 Å².